The summed E-state index contributed by atoms with van der Waals surface area (Å²) in [6.45, 7) is 0. The Balaban J connectivity index is 2.54. The van der Waals surface area contributed by atoms with Gasteiger partial charge in [0.2, 0.25) is 5.28 Å². The van der Waals surface area contributed by atoms with Gasteiger partial charge in [0.25, 0.3) is 0 Å². The van der Waals surface area contributed by atoms with Gasteiger partial charge in [0.05, 0.1) is 6.20 Å². The largest absolute Gasteiger partial charge is 0.280 e. The van der Waals surface area contributed by atoms with E-state index in [9.17, 15) is 0 Å². The summed E-state index contributed by atoms with van der Waals surface area (Å²) >= 11 is 13.1. The van der Waals surface area contributed by atoms with Gasteiger partial charge in [0.15, 0.2) is 0 Å². The van der Waals surface area contributed by atoms with Crippen LogP contribution >= 0.6 is 34.5 Å². The van der Waals surface area contributed by atoms with E-state index in [0.717, 1.165) is 5.00 Å². The third-order valence-electron chi connectivity index (χ3n) is 1.38. The Hall–Kier alpha value is -0.510. The molecule has 2 rings (SSSR count). The predicted octanol–water partition coefficient (Wildman–Crippen LogP) is 3.24. The smallest absolute Gasteiger partial charge is 0.209 e. The van der Waals surface area contributed by atoms with Crippen LogP contribution in [-0.2, 0) is 0 Å². The maximum atomic E-state index is 5.81. The summed E-state index contributed by atoms with van der Waals surface area (Å²) in [6, 6.07) is 3.90. The number of halogens is 2. The third kappa shape index (κ3) is 1.35. The molecule has 0 saturated heterocycles. The Morgan fingerprint density at radius 2 is 2.25 bits per heavy atom. The molecule has 0 unspecified atom stereocenters. The highest BCUT2D eigenvalue weighted by Crippen LogP contribution is 2.22. The molecule has 0 aliphatic heterocycles. The standard InChI is InChI=1S/C7H4Cl2N2S/c8-5-4-11(7(9)10-5)6-2-1-3-12-6/h1-4H. The molecular weight excluding hydrogens is 215 g/mol. The lowest BCUT2D eigenvalue weighted by atomic mass is 10.6. The molecule has 0 amide bonds. The second-order valence-electron chi connectivity index (χ2n) is 2.15. The first kappa shape index (κ1) is 8.10. The number of thiophene rings is 1. The maximum absolute atomic E-state index is 5.81. The van der Waals surface area contributed by atoms with Crippen molar-refractivity contribution in [3.63, 3.8) is 0 Å². The lowest BCUT2D eigenvalue weighted by Gasteiger charge is -1.95. The molecule has 0 bridgehead atoms. The molecule has 0 fully saturated rings. The highest BCUT2D eigenvalue weighted by molar-refractivity contribution is 7.12. The van der Waals surface area contributed by atoms with E-state index in [4.69, 9.17) is 23.2 Å². The summed E-state index contributed by atoms with van der Waals surface area (Å²) in [7, 11) is 0. The second-order valence-corrected chi connectivity index (χ2v) is 3.81. The van der Waals surface area contributed by atoms with Gasteiger partial charge >= 0.3 is 0 Å². The van der Waals surface area contributed by atoms with Crippen LogP contribution in [0.3, 0.4) is 0 Å². The molecule has 2 aromatic heterocycles. The van der Waals surface area contributed by atoms with Crippen LogP contribution in [0.2, 0.25) is 10.4 Å². The van der Waals surface area contributed by atoms with Crippen LogP contribution < -0.4 is 0 Å². The summed E-state index contributed by atoms with van der Waals surface area (Å²) in [5.41, 5.74) is 0. The molecule has 0 aromatic carbocycles. The number of nitrogens with zero attached hydrogens (tertiary/aromatic N) is 2. The number of hydrogen-bond acceptors (Lipinski definition) is 2. The predicted molar refractivity (Wildman–Crippen MR) is 51.5 cm³/mol. The number of imidazole rings is 1. The fourth-order valence-electron chi connectivity index (χ4n) is 0.892. The average Bonchev–Trinajstić information content (AvgIpc) is 2.58. The minimum absolute atomic E-state index is 0.391. The van der Waals surface area contributed by atoms with Crippen molar-refractivity contribution >= 4 is 34.5 Å². The zero-order valence-electron chi connectivity index (χ0n) is 5.87. The fourth-order valence-corrected chi connectivity index (χ4v) is 2.10. The second kappa shape index (κ2) is 3.09. The molecule has 0 saturated carbocycles. The molecule has 5 heteroatoms. The molecule has 2 aromatic rings. The van der Waals surface area contributed by atoms with Crippen LogP contribution in [0.4, 0.5) is 0 Å². The molecule has 62 valence electrons. The Labute approximate surface area is 83.4 Å². The fraction of sp³-hybridized carbons (Fsp3) is 0. The Morgan fingerprint density at radius 3 is 2.75 bits per heavy atom. The van der Waals surface area contributed by atoms with E-state index in [1.807, 2.05) is 17.5 Å². The van der Waals surface area contributed by atoms with Gasteiger partial charge in [-0.2, -0.15) is 0 Å². The van der Waals surface area contributed by atoms with Gasteiger partial charge in [0.1, 0.15) is 10.2 Å². The molecule has 0 aliphatic carbocycles. The van der Waals surface area contributed by atoms with E-state index in [1.165, 1.54) is 0 Å². The summed E-state index contributed by atoms with van der Waals surface area (Å²) in [5.74, 6) is 0. The molecule has 2 nitrogen and oxygen atoms in total. The third-order valence-corrected chi connectivity index (χ3v) is 2.69. The van der Waals surface area contributed by atoms with Crippen molar-refractivity contribution in [2.75, 3.05) is 0 Å². The molecule has 12 heavy (non-hydrogen) atoms. The SMILES string of the molecule is Clc1cn(-c2cccs2)c(Cl)n1. The molecule has 2 heterocycles. The van der Waals surface area contributed by atoms with E-state index >= 15 is 0 Å². The zero-order chi connectivity index (χ0) is 8.55. The minimum Gasteiger partial charge on any atom is -0.280 e. The van der Waals surface area contributed by atoms with E-state index in [0.29, 0.717) is 10.4 Å². The van der Waals surface area contributed by atoms with Crippen molar-refractivity contribution in [2.24, 2.45) is 0 Å². The highest BCUT2D eigenvalue weighted by Gasteiger charge is 2.05. The Bertz CT molecular complexity index is 380. The van der Waals surface area contributed by atoms with E-state index in [-0.39, 0.29) is 0 Å². The first-order chi connectivity index (χ1) is 5.77. The molecule has 0 spiro atoms. The van der Waals surface area contributed by atoms with Crippen molar-refractivity contribution in [1.29, 1.82) is 0 Å². The summed E-state index contributed by atoms with van der Waals surface area (Å²) in [5, 5.41) is 3.79. The summed E-state index contributed by atoms with van der Waals surface area (Å²) in [4.78, 5) is 3.87. The molecule has 0 radical (unpaired) electrons. The van der Waals surface area contributed by atoms with Crippen LogP contribution in [0.5, 0.6) is 0 Å². The normalized spacial score (nSPS) is 10.5. The van der Waals surface area contributed by atoms with Crippen molar-refractivity contribution in [3.8, 4) is 5.00 Å². The molecule has 0 N–H and O–H groups in total. The van der Waals surface area contributed by atoms with Crippen LogP contribution in [-0.4, -0.2) is 9.55 Å². The van der Waals surface area contributed by atoms with Crippen LogP contribution in [0.15, 0.2) is 23.7 Å². The zero-order valence-corrected chi connectivity index (χ0v) is 8.20. The van der Waals surface area contributed by atoms with Gasteiger partial charge < -0.3 is 0 Å². The van der Waals surface area contributed by atoms with Gasteiger partial charge in [-0.15, -0.1) is 11.3 Å². The minimum atomic E-state index is 0.391. The van der Waals surface area contributed by atoms with Gasteiger partial charge in [0, 0.05) is 0 Å². The van der Waals surface area contributed by atoms with E-state index in [1.54, 1.807) is 22.1 Å². The van der Waals surface area contributed by atoms with Crippen molar-refractivity contribution in [3.05, 3.63) is 34.1 Å². The highest BCUT2D eigenvalue weighted by atomic mass is 35.5. The maximum Gasteiger partial charge on any atom is 0.209 e. The monoisotopic (exact) mass is 218 g/mol. The number of aromatic nitrogens is 2. The van der Waals surface area contributed by atoms with Gasteiger partial charge in [-0.25, -0.2) is 4.98 Å². The lowest BCUT2D eigenvalue weighted by Crippen LogP contribution is -1.86. The van der Waals surface area contributed by atoms with Crippen LogP contribution in [0.25, 0.3) is 5.00 Å². The van der Waals surface area contributed by atoms with Crippen molar-refractivity contribution in [2.45, 2.75) is 0 Å². The number of hydrogen-bond donors (Lipinski definition) is 0. The van der Waals surface area contributed by atoms with Crippen LogP contribution in [0, 0.1) is 0 Å². The van der Waals surface area contributed by atoms with Gasteiger partial charge in [-0.05, 0) is 29.1 Å². The molecular formula is C7H4Cl2N2S. The van der Waals surface area contributed by atoms with Crippen LogP contribution in [0.1, 0.15) is 0 Å². The lowest BCUT2D eigenvalue weighted by molar-refractivity contribution is 1.09. The van der Waals surface area contributed by atoms with E-state index < -0.39 is 0 Å². The summed E-state index contributed by atoms with van der Waals surface area (Å²) < 4.78 is 1.74. The Kier molecular flexibility index (Phi) is 2.09. The molecule has 0 aliphatic rings. The van der Waals surface area contributed by atoms with Crippen molar-refractivity contribution < 1.29 is 0 Å². The summed E-state index contributed by atoms with van der Waals surface area (Å²) in [6.07, 6.45) is 1.69. The van der Waals surface area contributed by atoms with Crippen molar-refractivity contribution in [1.82, 2.24) is 9.55 Å². The number of rotatable bonds is 1. The quantitative estimate of drug-likeness (QED) is 0.719. The van der Waals surface area contributed by atoms with E-state index in [2.05, 4.69) is 4.98 Å². The van der Waals surface area contributed by atoms with Gasteiger partial charge in [-0.1, -0.05) is 11.6 Å². The van der Waals surface area contributed by atoms with Gasteiger partial charge in [-0.3, -0.25) is 4.57 Å². The Morgan fingerprint density at radius 1 is 1.42 bits per heavy atom. The first-order valence-electron chi connectivity index (χ1n) is 3.21. The topological polar surface area (TPSA) is 17.8 Å². The molecule has 0 atom stereocenters. The average molecular weight is 219 g/mol. The first-order valence-corrected chi connectivity index (χ1v) is 4.85.